The Morgan fingerprint density at radius 2 is 2.07 bits per heavy atom. The van der Waals surface area contributed by atoms with Gasteiger partial charge in [-0.25, -0.2) is 9.18 Å². The summed E-state index contributed by atoms with van der Waals surface area (Å²) in [4.78, 5) is 11.0. The van der Waals surface area contributed by atoms with Crippen LogP contribution >= 0.6 is 0 Å². The van der Waals surface area contributed by atoms with Crippen molar-refractivity contribution in [3.05, 3.63) is 41.7 Å². The van der Waals surface area contributed by atoms with E-state index in [-0.39, 0.29) is 12.4 Å². The summed E-state index contributed by atoms with van der Waals surface area (Å²) < 4.78 is 17.1. The number of rotatable bonds is 3. The predicted molar refractivity (Wildman–Crippen MR) is 53.6 cm³/mol. The van der Waals surface area contributed by atoms with Crippen LogP contribution in [0.4, 0.5) is 4.39 Å². The summed E-state index contributed by atoms with van der Waals surface area (Å²) in [7, 11) is 0. The summed E-state index contributed by atoms with van der Waals surface area (Å²) in [6.07, 6.45) is 0.955. The van der Waals surface area contributed by atoms with Crippen molar-refractivity contribution in [3.8, 4) is 0 Å². The standard InChI is InChI=1S/C11H11FO3/c1-2-15-11(14)7-10(13)8-3-5-9(12)6-4-8/h3-7,13H,2H2,1H3. The highest BCUT2D eigenvalue weighted by atomic mass is 19.1. The van der Waals surface area contributed by atoms with E-state index in [2.05, 4.69) is 4.74 Å². The van der Waals surface area contributed by atoms with Gasteiger partial charge in [-0.3, -0.25) is 0 Å². The molecule has 0 fully saturated rings. The van der Waals surface area contributed by atoms with Gasteiger partial charge in [0, 0.05) is 5.56 Å². The van der Waals surface area contributed by atoms with E-state index in [1.807, 2.05) is 0 Å². The molecule has 1 aromatic rings. The van der Waals surface area contributed by atoms with Crippen molar-refractivity contribution in [1.82, 2.24) is 0 Å². The SMILES string of the molecule is CCOC(=O)C=C(O)c1ccc(F)cc1. The molecule has 0 radical (unpaired) electrons. The van der Waals surface area contributed by atoms with Crippen LogP contribution in [0.1, 0.15) is 12.5 Å². The molecule has 0 amide bonds. The highest BCUT2D eigenvalue weighted by Gasteiger charge is 2.03. The molecule has 0 aromatic heterocycles. The van der Waals surface area contributed by atoms with Crippen LogP contribution in [-0.2, 0) is 9.53 Å². The van der Waals surface area contributed by atoms with Crippen LogP contribution in [0.2, 0.25) is 0 Å². The lowest BCUT2D eigenvalue weighted by molar-refractivity contribution is -0.137. The van der Waals surface area contributed by atoms with Crippen LogP contribution < -0.4 is 0 Å². The molecule has 1 rings (SSSR count). The first-order valence-corrected chi connectivity index (χ1v) is 4.47. The zero-order valence-corrected chi connectivity index (χ0v) is 8.24. The number of benzene rings is 1. The fraction of sp³-hybridized carbons (Fsp3) is 0.182. The molecule has 0 spiro atoms. The summed E-state index contributed by atoms with van der Waals surface area (Å²) in [5.74, 6) is -1.27. The van der Waals surface area contributed by atoms with E-state index in [0.29, 0.717) is 5.56 Å². The second-order valence-corrected chi connectivity index (χ2v) is 2.79. The first-order valence-electron chi connectivity index (χ1n) is 4.47. The molecule has 1 aromatic carbocycles. The van der Waals surface area contributed by atoms with Gasteiger partial charge < -0.3 is 9.84 Å². The van der Waals surface area contributed by atoms with Crippen molar-refractivity contribution in [3.63, 3.8) is 0 Å². The number of carbonyl (C=O) groups is 1. The van der Waals surface area contributed by atoms with Crippen LogP contribution in [0.15, 0.2) is 30.3 Å². The molecule has 0 aliphatic rings. The van der Waals surface area contributed by atoms with Gasteiger partial charge in [0.2, 0.25) is 0 Å². The highest BCUT2D eigenvalue weighted by Crippen LogP contribution is 2.11. The highest BCUT2D eigenvalue weighted by molar-refractivity contribution is 5.89. The second kappa shape index (κ2) is 5.14. The normalized spacial score (nSPS) is 11.2. The number of aliphatic hydroxyl groups excluding tert-OH is 1. The van der Waals surface area contributed by atoms with Crippen molar-refractivity contribution in [1.29, 1.82) is 0 Å². The van der Waals surface area contributed by atoms with Gasteiger partial charge in [0.15, 0.2) is 0 Å². The smallest absolute Gasteiger partial charge is 0.334 e. The number of ether oxygens (including phenoxy) is 1. The Kier molecular flexibility index (Phi) is 3.85. The summed E-state index contributed by atoms with van der Waals surface area (Å²) in [5, 5.41) is 9.45. The maximum absolute atomic E-state index is 12.5. The lowest BCUT2D eigenvalue weighted by Gasteiger charge is -2.00. The number of carbonyl (C=O) groups excluding carboxylic acids is 1. The lowest BCUT2D eigenvalue weighted by atomic mass is 10.2. The summed E-state index contributed by atoms with van der Waals surface area (Å²) in [6.45, 7) is 1.91. The van der Waals surface area contributed by atoms with E-state index in [9.17, 15) is 14.3 Å². The van der Waals surface area contributed by atoms with Gasteiger partial charge >= 0.3 is 5.97 Å². The van der Waals surface area contributed by atoms with E-state index in [1.165, 1.54) is 24.3 Å². The number of aliphatic hydroxyl groups is 1. The van der Waals surface area contributed by atoms with Gasteiger partial charge in [0.1, 0.15) is 11.6 Å². The summed E-state index contributed by atoms with van der Waals surface area (Å²) in [5.41, 5.74) is 0.365. The number of hydrogen-bond donors (Lipinski definition) is 1. The van der Waals surface area contributed by atoms with Crippen LogP contribution in [-0.4, -0.2) is 17.7 Å². The Labute approximate surface area is 86.8 Å². The molecule has 4 heteroatoms. The first-order chi connectivity index (χ1) is 7.13. The topological polar surface area (TPSA) is 46.5 Å². The monoisotopic (exact) mass is 210 g/mol. The maximum Gasteiger partial charge on any atom is 0.334 e. The number of esters is 1. The molecule has 80 valence electrons. The van der Waals surface area contributed by atoms with Gasteiger partial charge in [-0.2, -0.15) is 0 Å². The Hall–Kier alpha value is -1.84. The Bertz CT molecular complexity index is 368. The molecule has 0 saturated carbocycles. The van der Waals surface area contributed by atoms with Gasteiger partial charge in [-0.15, -0.1) is 0 Å². The minimum atomic E-state index is -0.626. The van der Waals surface area contributed by atoms with Crippen molar-refractivity contribution in [2.45, 2.75) is 6.92 Å². The summed E-state index contributed by atoms with van der Waals surface area (Å²) >= 11 is 0. The van der Waals surface area contributed by atoms with Gasteiger partial charge in [-0.1, -0.05) is 0 Å². The molecular weight excluding hydrogens is 199 g/mol. The Morgan fingerprint density at radius 3 is 2.60 bits per heavy atom. The van der Waals surface area contributed by atoms with Gasteiger partial charge in [-0.05, 0) is 31.2 Å². The number of halogens is 1. The average molecular weight is 210 g/mol. The molecule has 0 unspecified atom stereocenters. The van der Waals surface area contributed by atoms with Crippen LogP contribution in [0.5, 0.6) is 0 Å². The predicted octanol–water partition coefficient (Wildman–Crippen LogP) is 2.29. The van der Waals surface area contributed by atoms with Crippen molar-refractivity contribution in [2.24, 2.45) is 0 Å². The molecular formula is C11H11FO3. The molecule has 0 aliphatic heterocycles. The second-order valence-electron chi connectivity index (χ2n) is 2.79. The molecule has 15 heavy (non-hydrogen) atoms. The molecule has 3 nitrogen and oxygen atoms in total. The molecule has 0 saturated heterocycles. The van der Waals surface area contributed by atoms with Crippen LogP contribution in [0, 0.1) is 5.82 Å². The molecule has 0 aliphatic carbocycles. The average Bonchev–Trinajstić information content (AvgIpc) is 2.18. The third-order valence-electron chi connectivity index (χ3n) is 1.68. The van der Waals surface area contributed by atoms with E-state index in [4.69, 9.17) is 0 Å². The quantitative estimate of drug-likeness (QED) is 0.473. The minimum Gasteiger partial charge on any atom is -0.507 e. The molecule has 0 atom stereocenters. The third kappa shape index (κ3) is 3.42. The van der Waals surface area contributed by atoms with Crippen molar-refractivity contribution < 1.29 is 19.0 Å². The van der Waals surface area contributed by atoms with E-state index in [1.54, 1.807) is 6.92 Å². The van der Waals surface area contributed by atoms with E-state index >= 15 is 0 Å². The van der Waals surface area contributed by atoms with Crippen LogP contribution in [0.25, 0.3) is 5.76 Å². The molecule has 0 heterocycles. The minimum absolute atomic E-state index is 0.242. The fourth-order valence-electron chi connectivity index (χ4n) is 1.000. The van der Waals surface area contributed by atoms with E-state index in [0.717, 1.165) is 6.08 Å². The zero-order chi connectivity index (χ0) is 11.3. The molecule has 1 N–H and O–H groups in total. The van der Waals surface area contributed by atoms with Gasteiger partial charge in [0.25, 0.3) is 0 Å². The molecule has 0 bridgehead atoms. The Morgan fingerprint density at radius 1 is 1.47 bits per heavy atom. The van der Waals surface area contributed by atoms with Crippen molar-refractivity contribution in [2.75, 3.05) is 6.61 Å². The Balaban J connectivity index is 2.79. The fourth-order valence-corrected chi connectivity index (χ4v) is 1.000. The van der Waals surface area contributed by atoms with Gasteiger partial charge in [0.05, 0.1) is 12.7 Å². The third-order valence-corrected chi connectivity index (χ3v) is 1.68. The maximum atomic E-state index is 12.5. The lowest BCUT2D eigenvalue weighted by Crippen LogP contribution is -2.00. The largest absolute Gasteiger partial charge is 0.507 e. The van der Waals surface area contributed by atoms with Crippen molar-refractivity contribution >= 4 is 11.7 Å². The van der Waals surface area contributed by atoms with E-state index < -0.39 is 11.8 Å². The summed E-state index contributed by atoms with van der Waals surface area (Å²) in [6, 6.07) is 5.15. The van der Waals surface area contributed by atoms with Crippen LogP contribution in [0.3, 0.4) is 0 Å². The zero-order valence-electron chi connectivity index (χ0n) is 8.24. The number of hydrogen-bond acceptors (Lipinski definition) is 3. The first kappa shape index (κ1) is 11.2.